The van der Waals surface area contributed by atoms with Crippen LogP contribution >= 0.6 is 11.6 Å². The van der Waals surface area contributed by atoms with Gasteiger partial charge in [0.2, 0.25) is 5.95 Å². The number of carbonyl (C=O) groups excluding carboxylic acids is 1. The van der Waals surface area contributed by atoms with Crippen LogP contribution in [0, 0.1) is 5.92 Å². The van der Waals surface area contributed by atoms with Gasteiger partial charge in [-0.2, -0.15) is 5.10 Å². The summed E-state index contributed by atoms with van der Waals surface area (Å²) in [6.45, 7) is 8.02. The van der Waals surface area contributed by atoms with Gasteiger partial charge in [0.15, 0.2) is 5.65 Å². The summed E-state index contributed by atoms with van der Waals surface area (Å²) >= 11 is 6.21. The normalized spacial score (nSPS) is 18.3. The number of nitrogens with one attached hydrogen (secondary N) is 2. The van der Waals surface area contributed by atoms with Crippen LogP contribution in [-0.4, -0.2) is 60.3 Å². The second-order valence-corrected chi connectivity index (χ2v) is 14.3. The number of hydrogen-bond acceptors (Lipinski definition) is 8. The maximum atomic E-state index is 13.5. The van der Waals surface area contributed by atoms with E-state index >= 15 is 0 Å². The Morgan fingerprint density at radius 3 is 2.51 bits per heavy atom. The molecule has 12 nitrogen and oxygen atoms in total. The summed E-state index contributed by atoms with van der Waals surface area (Å²) in [4.78, 5) is 15.7. The third-order valence-corrected chi connectivity index (χ3v) is 9.73. The molecule has 2 aromatic carbocycles. The van der Waals surface area contributed by atoms with Gasteiger partial charge in [0, 0.05) is 31.2 Å². The van der Waals surface area contributed by atoms with Crippen LogP contribution in [0.1, 0.15) is 75.4 Å². The second-order valence-electron chi connectivity index (χ2n) is 13.9. The van der Waals surface area contributed by atoms with Crippen LogP contribution in [0.15, 0.2) is 66.9 Å². The van der Waals surface area contributed by atoms with Crippen molar-refractivity contribution in [2.24, 2.45) is 5.92 Å². The number of nitrogens with zero attached hydrogens (tertiary/aromatic N) is 6. The predicted molar refractivity (Wildman–Crippen MR) is 188 cm³/mol. The Morgan fingerprint density at radius 2 is 1.78 bits per heavy atom. The molecule has 13 heteroatoms. The highest BCUT2D eigenvalue weighted by Gasteiger charge is 2.30. The number of phenols is 1. The Bertz CT molecular complexity index is 1980. The smallest absolute Gasteiger partial charge is 0.320 e. The van der Waals surface area contributed by atoms with E-state index in [0.29, 0.717) is 36.0 Å². The number of piperidine rings is 1. The first-order valence-corrected chi connectivity index (χ1v) is 17.1. The number of anilines is 2. The molecule has 7 rings (SSSR count). The van der Waals surface area contributed by atoms with Crippen LogP contribution < -0.4 is 20.3 Å². The number of carbonyl (C=O) groups is 1. The molecule has 1 aliphatic heterocycles. The molecular formula is C36H41ClN8O4. The number of phenolic OH excluding ortho intramolecular Hbond substituents is 1. The highest BCUT2D eigenvalue weighted by atomic mass is 35.5. The van der Waals surface area contributed by atoms with E-state index in [2.05, 4.69) is 52.6 Å². The van der Waals surface area contributed by atoms with Gasteiger partial charge in [-0.3, -0.25) is 9.72 Å². The van der Waals surface area contributed by atoms with Gasteiger partial charge in [0.1, 0.15) is 23.4 Å². The first-order chi connectivity index (χ1) is 23.6. The molecule has 1 aliphatic carbocycles. The molecule has 2 aliphatic rings. The number of fused-ring (bicyclic) bond motifs is 2. The molecule has 0 spiro atoms. The zero-order valence-corrected chi connectivity index (χ0v) is 28.6. The predicted octanol–water partition coefficient (Wildman–Crippen LogP) is 6.56. The first kappa shape index (κ1) is 32.7. The van der Waals surface area contributed by atoms with E-state index in [1.165, 1.54) is 6.07 Å². The fourth-order valence-electron chi connectivity index (χ4n) is 6.62. The number of hydrogen-bond donors (Lipinski definition) is 4. The Balaban J connectivity index is 1.08. The van der Waals surface area contributed by atoms with E-state index in [9.17, 15) is 15.0 Å². The zero-order valence-electron chi connectivity index (χ0n) is 27.8. The monoisotopic (exact) mass is 684 g/mol. The molecule has 0 radical (unpaired) electrons. The first-order valence-electron chi connectivity index (χ1n) is 16.7. The lowest BCUT2D eigenvalue weighted by molar-refractivity contribution is 0.171. The minimum absolute atomic E-state index is 0.0295. The van der Waals surface area contributed by atoms with Gasteiger partial charge in [-0.25, -0.2) is 9.48 Å². The number of pyridine rings is 1. The molecular weight excluding hydrogens is 644 g/mol. The third kappa shape index (κ3) is 6.75. The van der Waals surface area contributed by atoms with Crippen molar-refractivity contribution in [3.8, 4) is 17.2 Å². The van der Waals surface area contributed by atoms with E-state index < -0.39 is 0 Å². The molecule has 2 amide bonds. The number of aliphatic hydroxyl groups excluding tert-OH is 1. The molecule has 4 N–H and O–H groups in total. The van der Waals surface area contributed by atoms with E-state index in [4.69, 9.17) is 21.4 Å². The van der Waals surface area contributed by atoms with E-state index in [1.807, 2.05) is 47.0 Å². The molecule has 2 atom stereocenters. The van der Waals surface area contributed by atoms with Crippen molar-refractivity contribution in [2.45, 2.75) is 64.0 Å². The summed E-state index contributed by atoms with van der Waals surface area (Å²) in [6.07, 6.45) is 4.95. The van der Waals surface area contributed by atoms with Crippen molar-refractivity contribution in [3.63, 3.8) is 0 Å². The molecule has 5 aromatic rings. The quantitative estimate of drug-likeness (QED) is 0.151. The number of amides is 2. The van der Waals surface area contributed by atoms with Crippen LogP contribution in [0.25, 0.3) is 11.3 Å². The Kier molecular flexibility index (Phi) is 8.84. The Morgan fingerprint density at radius 1 is 1.00 bits per heavy atom. The molecule has 0 bridgehead atoms. The lowest BCUT2D eigenvalue weighted by atomic mass is 9.85. The topological polar surface area (TPSA) is 142 Å². The van der Waals surface area contributed by atoms with Gasteiger partial charge in [-0.05, 0) is 73.1 Å². The third-order valence-electron chi connectivity index (χ3n) is 9.43. The van der Waals surface area contributed by atoms with Gasteiger partial charge < -0.3 is 25.2 Å². The van der Waals surface area contributed by atoms with Gasteiger partial charge in [0.05, 0.1) is 28.6 Å². The van der Waals surface area contributed by atoms with E-state index in [0.717, 1.165) is 54.3 Å². The maximum Gasteiger partial charge on any atom is 0.320 e. The van der Waals surface area contributed by atoms with Crippen molar-refractivity contribution in [2.75, 3.05) is 29.9 Å². The largest absolute Gasteiger partial charge is 0.506 e. The number of halogens is 1. The highest BCUT2D eigenvalue weighted by Crippen LogP contribution is 2.39. The molecule has 256 valence electrons. The number of aromatic hydroxyl groups is 1. The number of benzene rings is 2. The maximum absolute atomic E-state index is 13.5. The summed E-state index contributed by atoms with van der Waals surface area (Å²) in [7, 11) is 0. The Hall–Kier alpha value is -4.81. The minimum atomic E-state index is -0.362. The van der Waals surface area contributed by atoms with Crippen molar-refractivity contribution in [3.05, 3.63) is 88.7 Å². The summed E-state index contributed by atoms with van der Waals surface area (Å²) < 4.78 is 10.2. The van der Waals surface area contributed by atoms with Crippen molar-refractivity contribution in [1.29, 1.82) is 0 Å². The SMILES string of the molecule is CC(C)(C)c1cc(NC(=O)N[C@H]2CC[C@@H](Oc3ccc4nnc(N5CCC(CO)CC5)n4c3)c3ccccc32)n(-c2ccc(O)c(Cl)c2)n1. The minimum Gasteiger partial charge on any atom is -0.506 e. The second kappa shape index (κ2) is 13.2. The van der Waals surface area contributed by atoms with E-state index in [1.54, 1.807) is 16.8 Å². The summed E-state index contributed by atoms with van der Waals surface area (Å²) in [5.41, 5.74) is 3.90. The average molecular weight is 685 g/mol. The van der Waals surface area contributed by atoms with Gasteiger partial charge in [-0.15, -0.1) is 10.2 Å². The number of aromatic nitrogens is 5. The number of urea groups is 1. The van der Waals surface area contributed by atoms with Crippen LogP contribution in [0.3, 0.4) is 0 Å². The van der Waals surface area contributed by atoms with Crippen molar-refractivity contribution in [1.82, 2.24) is 29.7 Å². The molecule has 4 heterocycles. The van der Waals surface area contributed by atoms with Gasteiger partial charge in [0.25, 0.3) is 0 Å². The number of rotatable bonds is 7. The standard InChI is InChI=1S/C36H41ClN8O4/c1-36(2,3)31-19-33(45(42-31)23-8-11-29(47)27(37)18-23)39-34(48)38-28-10-12-30(26-7-5-4-6-25(26)28)49-24-9-13-32-40-41-35(44(32)20-24)43-16-14-22(21-46)15-17-43/h4-9,11,13,18-20,22,28,30,46-47H,10,12,14-17,21H2,1-3H3,(H2,38,39,48)/t28-,30+/m0/s1. The Labute approximate surface area is 289 Å². The van der Waals surface area contributed by atoms with Crippen LogP contribution in [0.5, 0.6) is 11.5 Å². The van der Waals surface area contributed by atoms with Crippen LogP contribution in [0.4, 0.5) is 16.6 Å². The fourth-order valence-corrected chi connectivity index (χ4v) is 6.79. The summed E-state index contributed by atoms with van der Waals surface area (Å²) in [5.74, 6) is 2.27. The zero-order chi connectivity index (χ0) is 34.3. The highest BCUT2D eigenvalue weighted by molar-refractivity contribution is 6.32. The van der Waals surface area contributed by atoms with E-state index in [-0.39, 0.29) is 41.0 Å². The molecule has 0 unspecified atom stereocenters. The molecule has 0 saturated carbocycles. The lowest BCUT2D eigenvalue weighted by Crippen LogP contribution is -2.36. The van der Waals surface area contributed by atoms with Gasteiger partial charge in [-0.1, -0.05) is 56.6 Å². The number of ether oxygens (including phenoxy) is 1. The van der Waals surface area contributed by atoms with Crippen LogP contribution in [-0.2, 0) is 5.41 Å². The molecule has 3 aromatic heterocycles. The molecule has 1 fully saturated rings. The van der Waals surface area contributed by atoms with Crippen molar-refractivity contribution < 1.29 is 19.7 Å². The summed E-state index contributed by atoms with van der Waals surface area (Å²) in [5, 5.41) is 39.4. The lowest BCUT2D eigenvalue weighted by Gasteiger charge is -2.32. The molecule has 49 heavy (non-hydrogen) atoms. The fraction of sp³-hybridized carbons (Fsp3) is 0.389. The summed E-state index contributed by atoms with van der Waals surface area (Å²) in [6, 6.07) is 18.0. The number of aliphatic hydroxyl groups is 1. The van der Waals surface area contributed by atoms with Crippen molar-refractivity contribution >= 4 is 35.0 Å². The van der Waals surface area contributed by atoms with Crippen LogP contribution in [0.2, 0.25) is 5.02 Å². The van der Waals surface area contributed by atoms with Gasteiger partial charge >= 0.3 is 6.03 Å². The molecule has 1 saturated heterocycles. The average Bonchev–Trinajstić information content (AvgIpc) is 3.72.